The zero-order valence-corrected chi connectivity index (χ0v) is 6.64. The minimum atomic E-state index is -0.256. The molecule has 0 aromatic carbocycles. The van der Waals surface area contributed by atoms with Crippen molar-refractivity contribution < 1.29 is 0 Å². The van der Waals surface area contributed by atoms with Crippen LogP contribution in [-0.4, -0.2) is 22.2 Å². The van der Waals surface area contributed by atoms with Gasteiger partial charge in [-0.2, -0.15) is 5.10 Å². The van der Waals surface area contributed by atoms with Crippen molar-refractivity contribution in [2.45, 2.75) is 19.4 Å². The van der Waals surface area contributed by atoms with E-state index in [0.29, 0.717) is 5.82 Å². The molecule has 0 aliphatic carbocycles. The summed E-state index contributed by atoms with van der Waals surface area (Å²) in [7, 11) is 1.83. The molecular formula is C6H12N4O. The number of rotatable bonds is 3. The Bertz CT molecular complexity index is 260. The minimum Gasteiger partial charge on any atom is -0.310 e. The lowest BCUT2D eigenvalue weighted by molar-refractivity contribution is 0.546. The number of hydrogen-bond acceptors (Lipinski definition) is 3. The van der Waals surface area contributed by atoms with Gasteiger partial charge in [-0.15, -0.1) is 0 Å². The number of nitrogens with zero attached hydrogens (tertiary/aromatic N) is 1. The van der Waals surface area contributed by atoms with E-state index in [2.05, 4.69) is 20.5 Å². The second kappa shape index (κ2) is 3.34. The molecule has 5 nitrogen and oxygen atoms in total. The van der Waals surface area contributed by atoms with Gasteiger partial charge in [-0.3, -0.25) is 4.98 Å². The lowest BCUT2D eigenvalue weighted by Gasteiger charge is -2.08. The van der Waals surface area contributed by atoms with E-state index in [1.54, 1.807) is 0 Å². The molecule has 1 aromatic heterocycles. The molecule has 0 aliphatic rings. The van der Waals surface area contributed by atoms with Crippen LogP contribution in [0.15, 0.2) is 4.79 Å². The fourth-order valence-electron chi connectivity index (χ4n) is 0.982. The lowest BCUT2D eigenvalue weighted by atomic mass is 10.2. The maximum Gasteiger partial charge on any atom is 0.340 e. The molecule has 0 fully saturated rings. The van der Waals surface area contributed by atoms with E-state index in [1.165, 1.54) is 0 Å². The monoisotopic (exact) mass is 156 g/mol. The first-order chi connectivity index (χ1) is 5.27. The Morgan fingerprint density at radius 3 is 2.82 bits per heavy atom. The average molecular weight is 156 g/mol. The Morgan fingerprint density at radius 1 is 1.73 bits per heavy atom. The Kier molecular flexibility index (Phi) is 2.43. The predicted octanol–water partition coefficient (Wildman–Crippen LogP) is -0.232. The summed E-state index contributed by atoms with van der Waals surface area (Å²) < 4.78 is 0. The SMILES string of the molecule is CCC(NC)c1n[nH]c(=O)[nH]1. The predicted molar refractivity (Wildman–Crippen MR) is 41.3 cm³/mol. The molecule has 1 rings (SSSR count). The molecule has 1 heterocycles. The van der Waals surface area contributed by atoms with E-state index in [4.69, 9.17) is 0 Å². The standard InChI is InChI=1S/C6H12N4O/c1-3-4(7-2)5-8-6(11)10-9-5/h4,7H,3H2,1-2H3,(H2,8,9,10,11). The van der Waals surface area contributed by atoms with Crippen LogP contribution < -0.4 is 11.0 Å². The van der Waals surface area contributed by atoms with Crippen molar-refractivity contribution in [1.29, 1.82) is 0 Å². The highest BCUT2D eigenvalue weighted by molar-refractivity contribution is 4.89. The van der Waals surface area contributed by atoms with E-state index < -0.39 is 0 Å². The molecule has 0 bridgehead atoms. The van der Waals surface area contributed by atoms with Gasteiger partial charge < -0.3 is 5.32 Å². The van der Waals surface area contributed by atoms with E-state index in [9.17, 15) is 4.79 Å². The first-order valence-electron chi connectivity index (χ1n) is 3.59. The van der Waals surface area contributed by atoms with Gasteiger partial charge in [0.05, 0.1) is 6.04 Å². The Morgan fingerprint density at radius 2 is 2.45 bits per heavy atom. The van der Waals surface area contributed by atoms with Gasteiger partial charge in [-0.05, 0) is 13.5 Å². The fraction of sp³-hybridized carbons (Fsp3) is 0.667. The van der Waals surface area contributed by atoms with Gasteiger partial charge in [0.15, 0.2) is 0 Å². The summed E-state index contributed by atoms with van der Waals surface area (Å²) >= 11 is 0. The Hall–Kier alpha value is -1.10. The molecule has 1 atom stereocenters. The first-order valence-corrected chi connectivity index (χ1v) is 3.59. The highest BCUT2D eigenvalue weighted by atomic mass is 16.1. The summed E-state index contributed by atoms with van der Waals surface area (Å²) in [5, 5.41) is 9.15. The summed E-state index contributed by atoms with van der Waals surface area (Å²) in [4.78, 5) is 13.2. The molecule has 0 spiro atoms. The zero-order chi connectivity index (χ0) is 8.27. The summed E-state index contributed by atoms with van der Waals surface area (Å²) in [6, 6.07) is 0.133. The molecule has 0 radical (unpaired) electrons. The van der Waals surface area contributed by atoms with Crippen molar-refractivity contribution in [3.63, 3.8) is 0 Å². The summed E-state index contributed by atoms with van der Waals surface area (Å²) in [5.41, 5.74) is -0.256. The van der Waals surface area contributed by atoms with Crippen molar-refractivity contribution in [3.8, 4) is 0 Å². The second-order valence-corrected chi connectivity index (χ2v) is 2.31. The van der Waals surface area contributed by atoms with E-state index in [1.807, 2.05) is 14.0 Å². The van der Waals surface area contributed by atoms with Crippen molar-refractivity contribution in [1.82, 2.24) is 20.5 Å². The van der Waals surface area contributed by atoms with Gasteiger partial charge in [0, 0.05) is 0 Å². The van der Waals surface area contributed by atoms with Gasteiger partial charge in [0.25, 0.3) is 0 Å². The Balaban J connectivity index is 2.81. The highest BCUT2D eigenvalue weighted by Crippen LogP contribution is 2.07. The minimum absolute atomic E-state index is 0.133. The Labute approximate surface area is 64.2 Å². The number of H-pyrrole nitrogens is 2. The highest BCUT2D eigenvalue weighted by Gasteiger charge is 2.09. The molecule has 0 saturated carbocycles. The van der Waals surface area contributed by atoms with Crippen molar-refractivity contribution in [3.05, 3.63) is 16.3 Å². The van der Waals surface area contributed by atoms with Crippen LogP contribution in [0, 0.1) is 0 Å². The van der Waals surface area contributed by atoms with Gasteiger partial charge in [-0.1, -0.05) is 6.92 Å². The van der Waals surface area contributed by atoms with Crippen LogP contribution >= 0.6 is 0 Å². The van der Waals surface area contributed by atoms with Crippen LogP contribution in [0.25, 0.3) is 0 Å². The molecule has 0 amide bonds. The lowest BCUT2D eigenvalue weighted by Crippen LogP contribution is -2.17. The smallest absolute Gasteiger partial charge is 0.310 e. The van der Waals surface area contributed by atoms with Crippen LogP contribution in [0.4, 0.5) is 0 Å². The summed E-state index contributed by atoms with van der Waals surface area (Å²) in [5.74, 6) is 0.667. The molecule has 1 aromatic rings. The largest absolute Gasteiger partial charge is 0.340 e. The van der Waals surface area contributed by atoms with Gasteiger partial charge >= 0.3 is 5.69 Å². The molecule has 62 valence electrons. The van der Waals surface area contributed by atoms with Gasteiger partial charge in [0.1, 0.15) is 5.82 Å². The van der Waals surface area contributed by atoms with Gasteiger partial charge in [0.2, 0.25) is 0 Å². The van der Waals surface area contributed by atoms with Crippen LogP contribution in [0.1, 0.15) is 25.2 Å². The van der Waals surface area contributed by atoms with E-state index in [-0.39, 0.29) is 11.7 Å². The first kappa shape index (κ1) is 8.00. The number of aromatic nitrogens is 3. The maximum absolute atomic E-state index is 10.6. The summed E-state index contributed by atoms with van der Waals surface area (Å²) in [6.07, 6.45) is 0.900. The van der Waals surface area contributed by atoms with Gasteiger partial charge in [-0.25, -0.2) is 9.89 Å². The number of hydrogen-bond donors (Lipinski definition) is 3. The van der Waals surface area contributed by atoms with Crippen LogP contribution in [0.2, 0.25) is 0 Å². The van der Waals surface area contributed by atoms with Crippen molar-refractivity contribution in [2.24, 2.45) is 0 Å². The van der Waals surface area contributed by atoms with Crippen LogP contribution in [0.3, 0.4) is 0 Å². The maximum atomic E-state index is 10.6. The summed E-state index contributed by atoms with van der Waals surface area (Å²) in [6.45, 7) is 2.02. The third-order valence-corrected chi connectivity index (χ3v) is 1.61. The molecule has 0 aliphatic heterocycles. The quantitative estimate of drug-likeness (QED) is 0.566. The fourth-order valence-corrected chi connectivity index (χ4v) is 0.982. The molecule has 11 heavy (non-hydrogen) atoms. The normalized spacial score (nSPS) is 13.3. The van der Waals surface area contributed by atoms with Crippen LogP contribution in [0.5, 0.6) is 0 Å². The molecular weight excluding hydrogens is 144 g/mol. The molecule has 0 saturated heterocycles. The molecule has 1 unspecified atom stereocenters. The van der Waals surface area contributed by atoms with Crippen molar-refractivity contribution in [2.75, 3.05) is 7.05 Å². The number of nitrogens with one attached hydrogen (secondary N) is 3. The third-order valence-electron chi connectivity index (χ3n) is 1.61. The topological polar surface area (TPSA) is 73.6 Å². The van der Waals surface area contributed by atoms with E-state index >= 15 is 0 Å². The average Bonchev–Trinajstić information content (AvgIpc) is 2.39. The molecule has 3 N–H and O–H groups in total. The molecule has 5 heteroatoms. The third kappa shape index (κ3) is 1.68. The number of aromatic amines is 2. The zero-order valence-electron chi connectivity index (χ0n) is 6.64. The second-order valence-electron chi connectivity index (χ2n) is 2.31. The van der Waals surface area contributed by atoms with Crippen LogP contribution in [-0.2, 0) is 0 Å². The van der Waals surface area contributed by atoms with E-state index in [0.717, 1.165) is 6.42 Å². The van der Waals surface area contributed by atoms with Crippen molar-refractivity contribution >= 4 is 0 Å².